The molecule has 0 saturated heterocycles. The van der Waals surface area contributed by atoms with Crippen molar-refractivity contribution in [2.24, 2.45) is 17.8 Å². The molecule has 0 aliphatic carbocycles. The number of hydrogen-bond donors (Lipinski definition) is 2. The third kappa shape index (κ3) is 4.93. The first-order valence-corrected chi connectivity index (χ1v) is 7.09. The zero-order chi connectivity index (χ0) is 14.3. The summed E-state index contributed by atoms with van der Waals surface area (Å²) in [6, 6.07) is 0. The van der Waals surface area contributed by atoms with Gasteiger partial charge in [0.2, 0.25) is 0 Å². The minimum Gasteiger partial charge on any atom is -0.370 e. The number of aromatic nitrogens is 2. The lowest BCUT2D eigenvalue weighted by Gasteiger charge is -2.05. The van der Waals surface area contributed by atoms with Gasteiger partial charge in [-0.3, -0.25) is 4.68 Å². The van der Waals surface area contributed by atoms with E-state index in [1.165, 1.54) is 24.8 Å². The Hall–Kier alpha value is -1.52. The molecule has 0 bridgehead atoms. The lowest BCUT2D eigenvalue weighted by atomic mass is 10.2. The summed E-state index contributed by atoms with van der Waals surface area (Å²) in [7, 11) is 1.95. The zero-order valence-electron chi connectivity index (χ0n) is 12.7. The summed E-state index contributed by atoms with van der Waals surface area (Å²) in [4.78, 5) is 4.38. The first-order valence-electron chi connectivity index (χ1n) is 7.09. The van der Waals surface area contributed by atoms with Crippen LogP contribution in [0.25, 0.3) is 0 Å². The molecule has 5 heteroatoms. The average molecular weight is 265 g/mol. The van der Waals surface area contributed by atoms with Gasteiger partial charge in [0.25, 0.3) is 0 Å². The van der Waals surface area contributed by atoms with Gasteiger partial charge in [-0.2, -0.15) is 5.10 Å². The van der Waals surface area contributed by atoms with Gasteiger partial charge in [-0.15, -0.1) is 0 Å². The van der Waals surface area contributed by atoms with Crippen LogP contribution in [-0.2, 0) is 13.6 Å². The van der Waals surface area contributed by atoms with Crippen molar-refractivity contribution in [1.29, 1.82) is 0 Å². The maximum Gasteiger partial charge on any atom is 0.188 e. The molecule has 0 saturated carbocycles. The Bertz CT molecular complexity index is 420. The van der Waals surface area contributed by atoms with E-state index >= 15 is 0 Å². The summed E-state index contributed by atoms with van der Waals surface area (Å²) in [5.41, 5.74) is 9.20. The molecule has 1 rings (SSSR count). The second-order valence-electron chi connectivity index (χ2n) is 4.96. The topological polar surface area (TPSA) is 68.2 Å². The monoisotopic (exact) mass is 265 g/mol. The predicted molar refractivity (Wildman–Crippen MR) is 80.2 cm³/mol. The SMILES string of the molecule is CCCCCCNC(N)=NCc1c(C)nn(C)c1C. The summed E-state index contributed by atoms with van der Waals surface area (Å²) >= 11 is 0. The largest absolute Gasteiger partial charge is 0.370 e. The Kier molecular flexibility index (Phi) is 6.39. The fourth-order valence-corrected chi connectivity index (χ4v) is 2.03. The molecule has 0 aliphatic rings. The van der Waals surface area contributed by atoms with Crippen LogP contribution in [0.5, 0.6) is 0 Å². The van der Waals surface area contributed by atoms with Gasteiger partial charge in [0.15, 0.2) is 5.96 Å². The van der Waals surface area contributed by atoms with E-state index in [9.17, 15) is 0 Å². The number of nitrogens with two attached hydrogens (primary N) is 1. The number of aliphatic imine (C=N–C) groups is 1. The normalized spacial score (nSPS) is 11.9. The molecular weight excluding hydrogens is 238 g/mol. The fourth-order valence-electron chi connectivity index (χ4n) is 2.03. The lowest BCUT2D eigenvalue weighted by Crippen LogP contribution is -2.32. The van der Waals surface area contributed by atoms with Crippen LogP contribution in [-0.4, -0.2) is 22.3 Å². The second-order valence-corrected chi connectivity index (χ2v) is 4.96. The highest BCUT2D eigenvalue weighted by molar-refractivity contribution is 5.77. The van der Waals surface area contributed by atoms with Gasteiger partial charge in [0.05, 0.1) is 12.2 Å². The summed E-state index contributed by atoms with van der Waals surface area (Å²) in [5, 5.41) is 7.53. The molecule has 19 heavy (non-hydrogen) atoms. The minimum absolute atomic E-state index is 0.527. The highest BCUT2D eigenvalue weighted by Gasteiger charge is 2.08. The van der Waals surface area contributed by atoms with Crippen LogP contribution in [0.15, 0.2) is 4.99 Å². The molecule has 0 aliphatic heterocycles. The Balaban J connectivity index is 2.38. The van der Waals surface area contributed by atoms with Gasteiger partial charge in [0, 0.05) is 24.8 Å². The smallest absolute Gasteiger partial charge is 0.188 e. The van der Waals surface area contributed by atoms with Gasteiger partial charge < -0.3 is 11.1 Å². The van der Waals surface area contributed by atoms with E-state index in [4.69, 9.17) is 5.73 Å². The summed E-state index contributed by atoms with van der Waals surface area (Å²) in [6.45, 7) is 7.77. The van der Waals surface area contributed by atoms with Gasteiger partial charge in [0.1, 0.15) is 0 Å². The molecule has 5 nitrogen and oxygen atoms in total. The number of nitrogens with zero attached hydrogens (tertiary/aromatic N) is 3. The molecule has 0 unspecified atom stereocenters. The highest BCUT2D eigenvalue weighted by Crippen LogP contribution is 2.12. The fraction of sp³-hybridized carbons (Fsp3) is 0.714. The van der Waals surface area contributed by atoms with Crippen LogP contribution >= 0.6 is 0 Å². The Morgan fingerprint density at radius 2 is 2.05 bits per heavy atom. The van der Waals surface area contributed by atoms with Gasteiger partial charge in [-0.1, -0.05) is 26.2 Å². The van der Waals surface area contributed by atoms with Crippen molar-refractivity contribution in [1.82, 2.24) is 15.1 Å². The van der Waals surface area contributed by atoms with Gasteiger partial charge in [-0.25, -0.2) is 4.99 Å². The minimum atomic E-state index is 0.527. The number of rotatable bonds is 7. The number of unbranched alkanes of at least 4 members (excludes halogenated alkanes) is 3. The van der Waals surface area contributed by atoms with E-state index in [-0.39, 0.29) is 0 Å². The van der Waals surface area contributed by atoms with Crippen LogP contribution in [0.4, 0.5) is 0 Å². The Morgan fingerprint density at radius 1 is 1.32 bits per heavy atom. The van der Waals surface area contributed by atoms with Crippen molar-refractivity contribution in [2.45, 2.75) is 53.0 Å². The molecular formula is C14H27N5. The number of hydrogen-bond acceptors (Lipinski definition) is 2. The molecule has 1 heterocycles. The van der Waals surface area contributed by atoms with Crippen LogP contribution < -0.4 is 11.1 Å². The van der Waals surface area contributed by atoms with Crippen LogP contribution in [0.2, 0.25) is 0 Å². The van der Waals surface area contributed by atoms with Crippen LogP contribution in [0, 0.1) is 13.8 Å². The van der Waals surface area contributed by atoms with E-state index in [1.54, 1.807) is 0 Å². The standard InChI is InChI=1S/C14H27N5/c1-5-6-7-8-9-16-14(15)17-10-13-11(2)18-19(4)12(13)3/h5-10H2,1-4H3,(H3,15,16,17). The van der Waals surface area contributed by atoms with Crippen LogP contribution in [0.3, 0.4) is 0 Å². The summed E-state index contributed by atoms with van der Waals surface area (Å²) in [6.07, 6.45) is 4.93. The average Bonchev–Trinajstić information content (AvgIpc) is 2.61. The van der Waals surface area contributed by atoms with Crippen molar-refractivity contribution in [3.63, 3.8) is 0 Å². The van der Waals surface area contributed by atoms with E-state index in [2.05, 4.69) is 29.3 Å². The Morgan fingerprint density at radius 3 is 2.63 bits per heavy atom. The molecule has 3 N–H and O–H groups in total. The van der Waals surface area contributed by atoms with Crippen molar-refractivity contribution in [3.8, 4) is 0 Å². The van der Waals surface area contributed by atoms with E-state index in [0.29, 0.717) is 12.5 Å². The second kappa shape index (κ2) is 7.81. The van der Waals surface area contributed by atoms with Crippen molar-refractivity contribution < 1.29 is 0 Å². The lowest BCUT2D eigenvalue weighted by molar-refractivity contribution is 0.652. The maximum absolute atomic E-state index is 5.85. The molecule has 0 radical (unpaired) electrons. The number of nitrogens with one attached hydrogen (secondary N) is 1. The summed E-state index contributed by atoms with van der Waals surface area (Å²) in [5.74, 6) is 0.527. The Labute approximate surface area is 116 Å². The molecule has 0 amide bonds. The number of guanidine groups is 1. The highest BCUT2D eigenvalue weighted by atomic mass is 15.3. The molecule has 0 aromatic carbocycles. The van der Waals surface area contributed by atoms with Crippen molar-refractivity contribution in [2.75, 3.05) is 6.54 Å². The molecule has 0 atom stereocenters. The molecule has 0 spiro atoms. The van der Waals surface area contributed by atoms with E-state index in [1.807, 2.05) is 18.7 Å². The number of aryl methyl sites for hydroxylation is 2. The third-order valence-electron chi connectivity index (χ3n) is 3.40. The first kappa shape index (κ1) is 15.5. The predicted octanol–water partition coefficient (Wildman–Crippen LogP) is 2.02. The third-order valence-corrected chi connectivity index (χ3v) is 3.40. The summed E-state index contributed by atoms with van der Waals surface area (Å²) < 4.78 is 1.88. The van der Waals surface area contributed by atoms with E-state index in [0.717, 1.165) is 24.4 Å². The zero-order valence-corrected chi connectivity index (χ0v) is 12.7. The quantitative estimate of drug-likeness (QED) is 0.450. The first-order chi connectivity index (χ1) is 9.06. The van der Waals surface area contributed by atoms with Crippen molar-refractivity contribution >= 4 is 5.96 Å². The molecule has 1 aromatic rings. The van der Waals surface area contributed by atoms with Crippen molar-refractivity contribution in [3.05, 3.63) is 17.0 Å². The van der Waals surface area contributed by atoms with Gasteiger partial charge in [-0.05, 0) is 20.3 Å². The molecule has 1 aromatic heterocycles. The van der Waals surface area contributed by atoms with Gasteiger partial charge >= 0.3 is 0 Å². The van der Waals surface area contributed by atoms with E-state index < -0.39 is 0 Å². The van der Waals surface area contributed by atoms with Crippen LogP contribution in [0.1, 0.15) is 49.6 Å². The maximum atomic E-state index is 5.85. The molecule has 0 fully saturated rings. The molecule has 108 valence electrons.